The topological polar surface area (TPSA) is 58.6 Å². The molecular formula is C20H30N2O3S. The number of ether oxygens (including phenoxy) is 1. The number of hydrogen-bond acceptors (Lipinski definition) is 4. The molecule has 0 amide bonds. The number of morpholine rings is 1. The highest BCUT2D eigenvalue weighted by molar-refractivity contribution is 7.89. The average molecular weight is 379 g/mol. The fourth-order valence-corrected chi connectivity index (χ4v) is 6.46. The van der Waals surface area contributed by atoms with E-state index in [-0.39, 0.29) is 6.04 Å². The SMILES string of the molecule is Cc1cc(C)c(C)c(S(=O)(=O)N[C@H]2C[C@H]3CO[C@H](C4CC4)CN3C2)c1C. The van der Waals surface area contributed by atoms with Crippen LogP contribution in [0.3, 0.4) is 0 Å². The van der Waals surface area contributed by atoms with E-state index in [1.165, 1.54) is 12.8 Å². The molecule has 3 aliphatic rings. The summed E-state index contributed by atoms with van der Waals surface area (Å²) >= 11 is 0. The molecule has 144 valence electrons. The molecule has 3 fully saturated rings. The molecule has 0 bridgehead atoms. The van der Waals surface area contributed by atoms with Crippen molar-refractivity contribution in [2.75, 3.05) is 19.7 Å². The van der Waals surface area contributed by atoms with Crippen molar-refractivity contribution >= 4 is 10.0 Å². The van der Waals surface area contributed by atoms with Crippen molar-refractivity contribution < 1.29 is 13.2 Å². The Balaban J connectivity index is 1.51. The summed E-state index contributed by atoms with van der Waals surface area (Å²) < 4.78 is 35.4. The molecule has 1 saturated carbocycles. The van der Waals surface area contributed by atoms with Crippen LogP contribution in [0.2, 0.25) is 0 Å². The highest BCUT2D eigenvalue weighted by Gasteiger charge is 2.43. The molecule has 4 rings (SSSR count). The molecule has 3 atom stereocenters. The number of rotatable bonds is 4. The van der Waals surface area contributed by atoms with Gasteiger partial charge in [-0.3, -0.25) is 4.90 Å². The zero-order chi connectivity index (χ0) is 18.6. The fourth-order valence-electron chi connectivity index (χ4n) is 4.60. The van der Waals surface area contributed by atoms with E-state index in [2.05, 4.69) is 15.7 Å². The maximum Gasteiger partial charge on any atom is 0.241 e. The van der Waals surface area contributed by atoms with E-state index in [1.54, 1.807) is 0 Å². The van der Waals surface area contributed by atoms with Crippen molar-refractivity contribution in [1.82, 2.24) is 9.62 Å². The summed E-state index contributed by atoms with van der Waals surface area (Å²) in [6.07, 6.45) is 3.75. The van der Waals surface area contributed by atoms with Crippen LogP contribution < -0.4 is 4.72 Å². The number of fused-ring (bicyclic) bond motifs is 1. The molecule has 2 aliphatic heterocycles. The van der Waals surface area contributed by atoms with Gasteiger partial charge < -0.3 is 4.74 Å². The van der Waals surface area contributed by atoms with E-state index in [1.807, 2.05) is 27.7 Å². The lowest BCUT2D eigenvalue weighted by Crippen LogP contribution is -2.47. The Bertz CT molecular complexity index is 791. The second-order valence-electron chi connectivity index (χ2n) is 8.46. The van der Waals surface area contributed by atoms with Crippen LogP contribution in [0.5, 0.6) is 0 Å². The number of nitrogens with zero attached hydrogens (tertiary/aromatic N) is 1. The number of hydrogen-bond donors (Lipinski definition) is 1. The standard InChI is InChI=1S/C20H30N2O3S/c1-12-7-13(2)15(4)20(14(12)3)26(23,24)21-17-8-18-11-25-19(16-5-6-16)10-22(18)9-17/h7,16-19,21H,5-6,8-11H2,1-4H3/t17-,18-,19-/m0/s1. The number of sulfonamides is 1. The Kier molecular flexibility index (Phi) is 4.66. The molecule has 0 unspecified atom stereocenters. The summed E-state index contributed by atoms with van der Waals surface area (Å²) in [4.78, 5) is 2.90. The van der Waals surface area contributed by atoms with Gasteiger partial charge in [-0.05, 0) is 75.1 Å². The molecule has 26 heavy (non-hydrogen) atoms. The lowest BCUT2D eigenvalue weighted by molar-refractivity contribution is -0.0581. The minimum Gasteiger partial charge on any atom is -0.375 e. The van der Waals surface area contributed by atoms with Crippen molar-refractivity contribution in [3.8, 4) is 0 Å². The number of aryl methyl sites for hydroxylation is 2. The summed E-state index contributed by atoms with van der Waals surface area (Å²) in [5, 5.41) is 0. The second-order valence-corrected chi connectivity index (χ2v) is 10.1. The monoisotopic (exact) mass is 378 g/mol. The third-order valence-electron chi connectivity index (χ3n) is 6.48. The number of benzene rings is 1. The molecule has 5 nitrogen and oxygen atoms in total. The smallest absolute Gasteiger partial charge is 0.241 e. The molecule has 1 aliphatic carbocycles. The van der Waals surface area contributed by atoms with Gasteiger partial charge in [-0.1, -0.05) is 6.07 Å². The first-order valence-corrected chi connectivity index (χ1v) is 11.2. The first-order valence-electron chi connectivity index (χ1n) is 9.71. The van der Waals surface area contributed by atoms with Crippen molar-refractivity contribution in [2.45, 2.75) is 70.0 Å². The van der Waals surface area contributed by atoms with Crippen LogP contribution in [-0.2, 0) is 14.8 Å². The van der Waals surface area contributed by atoms with E-state index in [4.69, 9.17) is 4.74 Å². The van der Waals surface area contributed by atoms with Crippen molar-refractivity contribution in [1.29, 1.82) is 0 Å². The summed E-state index contributed by atoms with van der Waals surface area (Å²) in [7, 11) is -3.53. The van der Waals surface area contributed by atoms with E-state index in [9.17, 15) is 8.42 Å². The zero-order valence-electron chi connectivity index (χ0n) is 16.2. The van der Waals surface area contributed by atoms with E-state index < -0.39 is 10.0 Å². The van der Waals surface area contributed by atoms with Gasteiger partial charge in [-0.25, -0.2) is 13.1 Å². The maximum atomic E-state index is 13.2. The first-order chi connectivity index (χ1) is 12.3. The van der Waals surface area contributed by atoms with Gasteiger partial charge in [0.25, 0.3) is 0 Å². The molecule has 2 saturated heterocycles. The van der Waals surface area contributed by atoms with Gasteiger partial charge in [0.05, 0.1) is 17.6 Å². The predicted molar refractivity (Wildman–Crippen MR) is 102 cm³/mol. The Morgan fingerprint density at radius 1 is 1.08 bits per heavy atom. The van der Waals surface area contributed by atoms with Crippen molar-refractivity contribution in [3.05, 3.63) is 28.3 Å². The fraction of sp³-hybridized carbons (Fsp3) is 0.700. The third-order valence-corrected chi connectivity index (χ3v) is 8.27. The van der Waals surface area contributed by atoms with Crippen molar-refractivity contribution in [2.24, 2.45) is 5.92 Å². The Labute approximate surface area is 157 Å². The predicted octanol–water partition coefficient (Wildman–Crippen LogP) is 2.45. The highest BCUT2D eigenvalue weighted by atomic mass is 32.2. The molecule has 1 aromatic rings. The Morgan fingerprint density at radius 3 is 2.35 bits per heavy atom. The van der Waals surface area contributed by atoms with Crippen LogP contribution in [0.4, 0.5) is 0 Å². The average Bonchev–Trinajstić information content (AvgIpc) is 3.33. The molecule has 0 radical (unpaired) electrons. The van der Waals surface area contributed by atoms with Gasteiger partial charge in [0.1, 0.15) is 0 Å². The molecule has 1 aromatic carbocycles. The van der Waals surface area contributed by atoms with E-state index in [0.29, 0.717) is 17.0 Å². The molecule has 0 spiro atoms. The van der Waals surface area contributed by atoms with E-state index >= 15 is 0 Å². The van der Waals surface area contributed by atoms with Crippen LogP contribution in [-0.4, -0.2) is 51.2 Å². The second kappa shape index (κ2) is 6.59. The lowest BCUT2D eigenvalue weighted by atomic mass is 10.0. The van der Waals surface area contributed by atoms with Crippen LogP contribution in [0.15, 0.2) is 11.0 Å². The van der Waals surface area contributed by atoms with Crippen LogP contribution in [0, 0.1) is 33.6 Å². The molecule has 0 aromatic heterocycles. The summed E-state index contributed by atoms with van der Waals surface area (Å²) in [6.45, 7) is 10.2. The van der Waals surface area contributed by atoms with Gasteiger partial charge in [0.15, 0.2) is 0 Å². The van der Waals surface area contributed by atoms with Gasteiger partial charge in [-0.15, -0.1) is 0 Å². The summed E-state index contributed by atoms with van der Waals surface area (Å²) in [5.41, 5.74) is 3.76. The summed E-state index contributed by atoms with van der Waals surface area (Å²) in [6, 6.07) is 2.37. The first kappa shape index (κ1) is 18.4. The lowest BCUT2D eigenvalue weighted by Gasteiger charge is -2.35. The molecule has 2 heterocycles. The number of nitrogens with one attached hydrogen (secondary N) is 1. The molecular weight excluding hydrogens is 348 g/mol. The quantitative estimate of drug-likeness (QED) is 0.874. The zero-order valence-corrected chi connectivity index (χ0v) is 17.0. The third kappa shape index (κ3) is 3.33. The van der Waals surface area contributed by atoms with Crippen LogP contribution in [0.25, 0.3) is 0 Å². The molecule has 6 heteroatoms. The normalized spacial score (nSPS) is 29.8. The molecule has 1 N–H and O–H groups in total. The van der Waals surface area contributed by atoms with Gasteiger partial charge in [0.2, 0.25) is 10.0 Å². The Hall–Kier alpha value is -0.950. The maximum absolute atomic E-state index is 13.2. The summed E-state index contributed by atoms with van der Waals surface area (Å²) in [5.74, 6) is 0.729. The van der Waals surface area contributed by atoms with Crippen LogP contribution >= 0.6 is 0 Å². The Morgan fingerprint density at radius 2 is 1.73 bits per heavy atom. The van der Waals surface area contributed by atoms with E-state index in [0.717, 1.165) is 54.3 Å². The van der Waals surface area contributed by atoms with Gasteiger partial charge in [-0.2, -0.15) is 0 Å². The van der Waals surface area contributed by atoms with Gasteiger partial charge >= 0.3 is 0 Å². The highest BCUT2D eigenvalue weighted by Crippen LogP contribution is 2.38. The minimum atomic E-state index is -3.53. The minimum absolute atomic E-state index is 0.0360. The largest absolute Gasteiger partial charge is 0.375 e. The van der Waals surface area contributed by atoms with Gasteiger partial charge in [0, 0.05) is 25.2 Å². The van der Waals surface area contributed by atoms with Crippen molar-refractivity contribution in [3.63, 3.8) is 0 Å². The van der Waals surface area contributed by atoms with Crippen LogP contribution in [0.1, 0.15) is 41.5 Å².